The number of non-ortho nitro benzene ring substituents is 1. The lowest BCUT2D eigenvalue weighted by Gasteiger charge is -2.43. The van der Waals surface area contributed by atoms with Gasteiger partial charge in [-0.05, 0) is 191 Å². The number of esters is 1. The molecule has 4 heterocycles. The van der Waals surface area contributed by atoms with E-state index in [1.54, 1.807) is 19.1 Å². The molecule has 4 unspecified atom stereocenters. The van der Waals surface area contributed by atoms with Crippen LogP contribution in [-0.4, -0.2) is 128 Å². The average Bonchev–Trinajstić information content (AvgIpc) is 1.28. The minimum absolute atomic E-state index is 0.00168. The standard InChI is InChI=1S/C30H42N2O4.C23H31NO3.C18H24N2O6/c1-35-20-8-7-17-30(34,27-15-5-6-16-28(27)36-26-13-3-2-4-14-26)25-12-10-19-32(23-25)29(33)21-24-11-9-18-31-22-24;1-26-17-8-7-15-23(25,19-10-9-16-24-18-19)21-13-5-6-14-22(21)27-20-11-3-2-4-12-20;1-18(2,3)26-17(22)19-10-4-5-13(12-19)11-16(21)25-15-8-6-14(7-9-15)20(23)24/h2-6,13-16,24-25,31,34H,7-12,17-23H2,1H3;2-6,11-14,19,24-25H,7-10,15-18H2,1H3;6-9,13H,4-5,10-12H2,1-3H3/t24?,25-,30?;19-,23?;/m11./s1. The Balaban J connectivity index is 0.000000194. The molecule has 6 atom stereocenters. The Morgan fingerprint density at radius 3 is 1.61 bits per heavy atom. The van der Waals surface area contributed by atoms with Gasteiger partial charge in [-0.1, -0.05) is 72.8 Å². The number of unbranched alkanes of at least 4 members (excludes halogenated alkanes) is 2. The average molecular weight is 1230 g/mol. The molecule has 5 aromatic rings. The molecular formula is C71H97N5O13. The Hall–Kier alpha value is -6.93. The van der Waals surface area contributed by atoms with E-state index in [4.69, 9.17) is 28.4 Å². The number of benzene rings is 5. The molecule has 4 saturated heterocycles. The second-order valence-electron chi connectivity index (χ2n) is 25.1. The third kappa shape index (κ3) is 21.9. The zero-order chi connectivity index (χ0) is 63.5. The molecule has 4 aliphatic heterocycles. The molecule has 0 spiro atoms. The number of piperidine rings is 4. The summed E-state index contributed by atoms with van der Waals surface area (Å²) in [6, 6.07) is 40.6. The van der Waals surface area contributed by atoms with Gasteiger partial charge >= 0.3 is 12.1 Å². The highest BCUT2D eigenvalue weighted by atomic mass is 16.6. The van der Waals surface area contributed by atoms with Crippen molar-refractivity contribution >= 4 is 23.7 Å². The van der Waals surface area contributed by atoms with Gasteiger partial charge in [0.1, 0.15) is 34.3 Å². The van der Waals surface area contributed by atoms with Crippen molar-refractivity contribution in [2.45, 2.75) is 140 Å². The molecule has 18 heteroatoms. The fraction of sp³-hybridized carbons (Fsp3) is 0.535. The number of methoxy groups -OCH3 is 2. The molecule has 9 rings (SSSR count). The van der Waals surface area contributed by atoms with Crippen molar-refractivity contribution in [2.24, 2.45) is 23.7 Å². The summed E-state index contributed by atoms with van der Waals surface area (Å²) in [5, 5.41) is 41.8. The van der Waals surface area contributed by atoms with E-state index in [2.05, 4.69) is 10.6 Å². The summed E-state index contributed by atoms with van der Waals surface area (Å²) in [4.78, 5) is 51.3. The Morgan fingerprint density at radius 1 is 0.573 bits per heavy atom. The summed E-state index contributed by atoms with van der Waals surface area (Å²) >= 11 is 0. The van der Waals surface area contributed by atoms with Crippen molar-refractivity contribution in [2.75, 3.05) is 79.8 Å². The van der Waals surface area contributed by atoms with Crippen molar-refractivity contribution in [3.63, 3.8) is 0 Å². The number of hydrogen-bond donors (Lipinski definition) is 4. The summed E-state index contributed by atoms with van der Waals surface area (Å²) in [5.41, 5.74) is -0.928. The van der Waals surface area contributed by atoms with Crippen molar-refractivity contribution < 1.29 is 57.9 Å². The summed E-state index contributed by atoms with van der Waals surface area (Å²) in [6.07, 6.45) is 13.1. The quantitative estimate of drug-likeness (QED) is 0.0148. The number of rotatable bonds is 24. The maximum atomic E-state index is 13.3. The number of ether oxygens (including phenoxy) is 6. The number of nitrogens with zero attached hydrogens (tertiary/aromatic N) is 3. The Kier molecular flexibility index (Phi) is 27.7. The van der Waals surface area contributed by atoms with Gasteiger partial charge in [-0.3, -0.25) is 19.7 Å². The highest BCUT2D eigenvalue weighted by Gasteiger charge is 2.44. The first-order valence-corrected chi connectivity index (χ1v) is 32.2. The third-order valence-corrected chi connectivity index (χ3v) is 17.2. The molecule has 0 radical (unpaired) electrons. The minimum Gasteiger partial charge on any atom is -0.457 e. The number of aliphatic hydroxyl groups is 2. The lowest BCUT2D eigenvalue weighted by atomic mass is 9.73. The van der Waals surface area contributed by atoms with E-state index in [-0.39, 0.29) is 47.6 Å². The van der Waals surface area contributed by atoms with Crippen LogP contribution in [0, 0.1) is 33.8 Å². The van der Waals surface area contributed by atoms with Gasteiger partial charge in [0, 0.05) is 102 Å². The molecule has 0 saturated carbocycles. The monoisotopic (exact) mass is 1230 g/mol. The van der Waals surface area contributed by atoms with E-state index < -0.39 is 27.7 Å². The van der Waals surface area contributed by atoms with Gasteiger partial charge in [0.05, 0.1) is 22.5 Å². The Morgan fingerprint density at radius 2 is 1.08 bits per heavy atom. The molecular weight excluding hydrogens is 1130 g/mol. The van der Waals surface area contributed by atoms with Crippen LogP contribution >= 0.6 is 0 Å². The highest BCUT2D eigenvalue weighted by Crippen LogP contribution is 2.46. The number of nitrogens with one attached hydrogen (secondary N) is 2. The number of nitro groups is 1. The van der Waals surface area contributed by atoms with E-state index in [9.17, 15) is 34.7 Å². The predicted molar refractivity (Wildman–Crippen MR) is 344 cm³/mol. The normalized spacial score (nSPS) is 19.9. The number of hydrogen-bond acceptors (Lipinski definition) is 15. The van der Waals surface area contributed by atoms with Crippen LogP contribution in [0.5, 0.6) is 28.7 Å². The van der Waals surface area contributed by atoms with Crippen molar-refractivity contribution in [3.8, 4) is 28.7 Å². The number of carbonyl (C=O) groups is 3. The van der Waals surface area contributed by atoms with E-state index in [1.807, 2.05) is 135 Å². The lowest BCUT2D eigenvalue weighted by molar-refractivity contribution is -0.384. The molecule has 18 nitrogen and oxygen atoms in total. The van der Waals surface area contributed by atoms with Crippen molar-refractivity contribution in [1.82, 2.24) is 20.4 Å². The molecule has 4 fully saturated rings. The van der Waals surface area contributed by atoms with E-state index in [0.717, 1.165) is 145 Å². The minimum atomic E-state index is -1.09. The SMILES string of the molecule is CC(C)(C)OC(=O)N1CCCC(CC(=O)Oc2ccc([N+](=O)[O-])cc2)C1.COCCCCC(O)(c1ccccc1Oc1ccccc1)[C@@H]1CCCN(C(=O)CC2CCCNC2)C1.COCCCCC(O)(c1ccccc1Oc1ccccc1)[C@@H]1CCCNC1. The maximum Gasteiger partial charge on any atom is 0.410 e. The van der Waals surface area contributed by atoms with Crippen LogP contribution in [0.4, 0.5) is 10.5 Å². The summed E-state index contributed by atoms with van der Waals surface area (Å²) in [6.45, 7) is 13.1. The first-order valence-electron chi connectivity index (χ1n) is 32.2. The lowest BCUT2D eigenvalue weighted by Crippen LogP contribution is -2.49. The van der Waals surface area contributed by atoms with Gasteiger partial charge in [0.25, 0.3) is 5.69 Å². The van der Waals surface area contributed by atoms with Crippen LogP contribution in [0.25, 0.3) is 0 Å². The number of amides is 2. The molecule has 2 amide bonds. The van der Waals surface area contributed by atoms with Gasteiger partial charge in [-0.15, -0.1) is 0 Å². The van der Waals surface area contributed by atoms with Crippen LogP contribution in [0.2, 0.25) is 0 Å². The van der Waals surface area contributed by atoms with E-state index in [1.165, 1.54) is 24.3 Å². The van der Waals surface area contributed by atoms with Crippen molar-refractivity contribution in [3.05, 3.63) is 155 Å². The maximum absolute atomic E-state index is 13.3. The van der Waals surface area contributed by atoms with Crippen LogP contribution in [0.1, 0.15) is 135 Å². The first-order chi connectivity index (χ1) is 43.0. The molecule has 5 aromatic carbocycles. The second kappa shape index (κ2) is 35.5. The number of nitro benzene ring substituents is 1. The largest absolute Gasteiger partial charge is 0.457 e. The van der Waals surface area contributed by atoms with Gasteiger partial charge in [-0.2, -0.15) is 0 Å². The smallest absolute Gasteiger partial charge is 0.410 e. The van der Waals surface area contributed by atoms with Gasteiger partial charge in [-0.25, -0.2) is 4.79 Å². The first kappa shape index (κ1) is 69.5. The van der Waals surface area contributed by atoms with Gasteiger partial charge in [0.2, 0.25) is 5.91 Å². The fourth-order valence-corrected chi connectivity index (χ4v) is 12.6. The Bertz CT molecular complexity index is 2920. The fourth-order valence-electron chi connectivity index (χ4n) is 12.6. The zero-order valence-corrected chi connectivity index (χ0v) is 53.1. The molecule has 0 aliphatic carbocycles. The molecule has 4 N–H and O–H groups in total. The molecule has 89 heavy (non-hydrogen) atoms. The zero-order valence-electron chi connectivity index (χ0n) is 53.1. The van der Waals surface area contributed by atoms with Gasteiger partial charge in [0.15, 0.2) is 0 Å². The predicted octanol–water partition coefficient (Wildman–Crippen LogP) is 13.1. The topological polar surface area (TPSA) is 221 Å². The summed E-state index contributed by atoms with van der Waals surface area (Å²) in [5.74, 6) is 3.55. The van der Waals surface area contributed by atoms with Gasteiger partial charge < -0.3 is 59.1 Å². The number of likely N-dealkylation sites (tertiary alicyclic amines) is 2. The van der Waals surface area contributed by atoms with E-state index in [0.29, 0.717) is 57.2 Å². The molecule has 4 aliphatic rings. The molecule has 484 valence electrons. The van der Waals surface area contributed by atoms with Crippen LogP contribution in [0.15, 0.2) is 133 Å². The summed E-state index contributed by atoms with van der Waals surface area (Å²) < 4.78 is 33.5. The van der Waals surface area contributed by atoms with E-state index >= 15 is 0 Å². The number of carbonyl (C=O) groups excluding carboxylic acids is 3. The van der Waals surface area contributed by atoms with Crippen molar-refractivity contribution in [1.29, 1.82) is 0 Å². The Labute approximate surface area is 527 Å². The highest BCUT2D eigenvalue weighted by molar-refractivity contribution is 5.76. The molecule has 0 bridgehead atoms. The number of para-hydroxylation sites is 4. The third-order valence-electron chi connectivity index (χ3n) is 17.2. The van der Waals surface area contributed by atoms with Crippen LogP contribution in [-0.2, 0) is 35.0 Å². The van der Waals surface area contributed by atoms with Crippen LogP contribution in [0.3, 0.4) is 0 Å². The van der Waals surface area contributed by atoms with Crippen LogP contribution < -0.4 is 24.8 Å². The summed E-state index contributed by atoms with van der Waals surface area (Å²) in [7, 11) is 3.43. The second-order valence-corrected chi connectivity index (χ2v) is 25.1. The molecule has 0 aromatic heterocycles.